The highest BCUT2D eigenvalue weighted by molar-refractivity contribution is 5.92. The van der Waals surface area contributed by atoms with Gasteiger partial charge in [0.1, 0.15) is 5.82 Å². The molecule has 0 spiro atoms. The Morgan fingerprint density at radius 3 is 2.85 bits per heavy atom. The molecule has 0 radical (unpaired) electrons. The lowest BCUT2D eigenvalue weighted by Gasteiger charge is -2.24. The van der Waals surface area contributed by atoms with Crippen LogP contribution in [0.5, 0.6) is 0 Å². The molecule has 1 aromatic rings. The first-order valence-electron chi connectivity index (χ1n) is 7.18. The number of benzene rings is 1. The molecule has 2 aliphatic heterocycles. The van der Waals surface area contributed by atoms with Crippen molar-refractivity contribution >= 4 is 12.0 Å². The molecule has 106 valence electrons. The molecule has 0 aliphatic carbocycles. The van der Waals surface area contributed by atoms with E-state index in [0.717, 1.165) is 25.2 Å². The van der Waals surface area contributed by atoms with E-state index in [0.29, 0.717) is 12.0 Å². The van der Waals surface area contributed by atoms with Gasteiger partial charge in [-0.1, -0.05) is 12.1 Å². The molecular formula is C16H19FN2O. The van der Waals surface area contributed by atoms with Crippen LogP contribution in [0.25, 0.3) is 6.08 Å². The van der Waals surface area contributed by atoms with Crippen molar-refractivity contribution in [1.82, 2.24) is 10.2 Å². The quantitative estimate of drug-likeness (QED) is 0.837. The van der Waals surface area contributed by atoms with Crippen molar-refractivity contribution in [2.24, 2.45) is 5.92 Å². The highest BCUT2D eigenvalue weighted by atomic mass is 19.1. The fourth-order valence-electron chi connectivity index (χ4n) is 3.07. The van der Waals surface area contributed by atoms with E-state index in [4.69, 9.17) is 0 Å². The van der Waals surface area contributed by atoms with Crippen LogP contribution in [0.1, 0.15) is 18.4 Å². The highest BCUT2D eigenvalue weighted by Gasteiger charge is 2.35. The van der Waals surface area contributed by atoms with Gasteiger partial charge < -0.3 is 10.2 Å². The largest absolute Gasteiger partial charge is 0.337 e. The van der Waals surface area contributed by atoms with Crippen molar-refractivity contribution in [3.63, 3.8) is 0 Å². The third kappa shape index (κ3) is 2.90. The molecule has 2 aliphatic rings. The number of fused-ring (bicyclic) bond motifs is 1. The first kappa shape index (κ1) is 13.3. The summed E-state index contributed by atoms with van der Waals surface area (Å²) in [4.78, 5) is 14.1. The van der Waals surface area contributed by atoms with Gasteiger partial charge in [-0.15, -0.1) is 0 Å². The average Bonchev–Trinajstić information content (AvgIpc) is 2.90. The van der Waals surface area contributed by atoms with Crippen molar-refractivity contribution in [2.75, 3.05) is 19.6 Å². The van der Waals surface area contributed by atoms with Crippen LogP contribution in [0.2, 0.25) is 0 Å². The number of hydrogen-bond acceptors (Lipinski definition) is 2. The molecule has 0 saturated carbocycles. The number of nitrogens with one attached hydrogen (secondary N) is 1. The number of rotatable bonds is 2. The van der Waals surface area contributed by atoms with Crippen LogP contribution < -0.4 is 5.32 Å². The van der Waals surface area contributed by atoms with Crippen LogP contribution in [0.15, 0.2) is 30.3 Å². The summed E-state index contributed by atoms with van der Waals surface area (Å²) in [6, 6.07) is 6.61. The van der Waals surface area contributed by atoms with Crippen LogP contribution in [0.4, 0.5) is 4.39 Å². The van der Waals surface area contributed by atoms with Gasteiger partial charge in [0.2, 0.25) is 5.91 Å². The summed E-state index contributed by atoms with van der Waals surface area (Å²) >= 11 is 0. The fourth-order valence-corrected chi connectivity index (χ4v) is 3.07. The summed E-state index contributed by atoms with van der Waals surface area (Å²) < 4.78 is 12.8. The van der Waals surface area contributed by atoms with Crippen LogP contribution >= 0.6 is 0 Å². The molecule has 2 heterocycles. The van der Waals surface area contributed by atoms with E-state index in [-0.39, 0.29) is 11.7 Å². The molecule has 1 N–H and O–H groups in total. The molecule has 2 atom stereocenters. The van der Waals surface area contributed by atoms with Crippen LogP contribution in [0, 0.1) is 11.7 Å². The molecule has 0 aromatic heterocycles. The number of carbonyl (C=O) groups is 1. The number of likely N-dealkylation sites (tertiary alicyclic amines) is 1. The third-order valence-corrected chi connectivity index (χ3v) is 4.20. The van der Waals surface area contributed by atoms with Gasteiger partial charge >= 0.3 is 0 Å². The van der Waals surface area contributed by atoms with Crippen molar-refractivity contribution in [3.05, 3.63) is 41.7 Å². The number of piperidine rings is 1. The zero-order chi connectivity index (χ0) is 13.9. The van der Waals surface area contributed by atoms with Gasteiger partial charge in [-0.3, -0.25) is 4.79 Å². The van der Waals surface area contributed by atoms with Crippen molar-refractivity contribution < 1.29 is 9.18 Å². The predicted molar refractivity (Wildman–Crippen MR) is 76.5 cm³/mol. The first-order valence-corrected chi connectivity index (χ1v) is 7.18. The minimum Gasteiger partial charge on any atom is -0.337 e. The summed E-state index contributed by atoms with van der Waals surface area (Å²) in [6.45, 7) is 2.72. The number of amides is 1. The molecule has 3 nitrogen and oxygen atoms in total. The summed E-state index contributed by atoms with van der Waals surface area (Å²) in [5.74, 6) is 0.389. The van der Waals surface area contributed by atoms with Crippen molar-refractivity contribution in [2.45, 2.75) is 18.9 Å². The second-order valence-corrected chi connectivity index (χ2v) is 5.59. The van der Waals surface area contributed by atoms with E-state index in [2.05, 4.69) is 5.32 Å². The number of carbonyl (C=O) groups excluding carboxylic acids is 1. The Kier molecular flexibility index (Phi) is 3.83. The maximum atomic E-state index is 12.8. The smallest absolute Gasteiger partial charge is 0.246 e. The number of hydrogen-bond donors (Lipinski definition) is 1. The van der Waals surface area contributed by atoms with Gasteiger partial charge in [-0.2, -0.15) is 0 Å². The first-order chi connectivity index (χ1) is 9.72. The standard InChI is InChI=1S/C16H19FN2O/c17-14-6-3-12(4-7-14)5-8-16(20)19-10-13-2-1-9-18-15(13)11-19/h3-8,13,15,18H,1-2,9-11H2/b8-5+/t13-,15+/m0/s1. The SMILES string of the molecule is O=C(/C=C/c1ccc(F)cc1)N1C[C@@H]2CCCN[C@@H]2C1. The zero-order valence-corrected chi connectivity index (χ0v) is 11.4. The Morgan fingerprint density at radius 2 is 2.10 bits per heavy atom. The van der Waals surface area contributed by atoms with E-state index in [9.17, 15) is 9.18 Å². The molecule has 1 aromatic carbocycles. The third-order valence-electron chi connectivity index (χ3n) is 4.20. The molecule has 0 bridgehead atoms. The lowest BCUT2D eigenvalue weighted by molar-refractivity contribution is -0.125. The maximum Gasteiger partial charge on any atom is 0.246 e. The molecule has 2 saturated heterocycles. The molecular weight excluding hydrogens is 255 g/mol. The van der Waals surface area contributed by atoms with Crippen molar-refractivity contribution in [1.29, 1.82) is 0 Å². The Hall–Kier alpha value is -1.68. The van der Waals surface area contributed by atoms with Gasteiger partial charge in [0, 0.05) is 25.2 Å². The van der Waals surface area contributed by atoms with E-state index in [1.807, 2.05) is 4.90 Å². The van der Waals surface area contributed by atoms with Crippen molar-refractivity contribution in [3.8, 4) is 0 Å². The zero-order valence-electron chi connectivity index (χ0n) is 11.4. The van der Waals surface area contributed by atoms with E-state index >= 15 is 0 Å². The predicted octanol–water partition coefficient (Wildman–Crippen LogP) is 2.05. The van der Waals surface area contributed by atoms with E-state index in [1.165, 1.54) is 25.0 Å². The van der Waals surface area contributed by atoms with Gasteiger partial charge in [-0.25, -0.2) is 4.39 Å². The Balaban J connectivity index is 1.60. The summed E-state index contributed by atoms with van der Waals surface area (Å²) in [5, 5.41) is 3.49. The number of nitrogens with zero attached hydrogens (tertiary/aromatic N) is 1. The van der Waals surface area contributed by atoms with E-state index < -0.39 is 0 Å². The van der Waals surface area contributed by atoms with Gasteiger partial charge in [0.15, 0.2) is 0 Å². The maximum absolute atomic E-state index is 12.8. The van der Waals surface area contributed by atoms with Crippen LogP contribution in [-0.2, 0) is 4.79 Å². The molecule has 2 fully saturated rings. The monoisotopic (exact) mass is 274 g/mol. The summed E-state index contributed by atoms with van der Waals surface area (Å²) in [7, 11) is 0. The molecule has 1 amide bonds. The van der Waals surface area contributed by atoms with Gasteiger partial charge in [0.25, 0.3) is 0 Å². The van der Waals surface area contributed by atoms with E-state index in [1.54, 1.807) is 24.3 Å². The topological polar surface area (TPSA) is 32.3 Å². The molecule has 20 heavy (non-hydrogen) atoms. The van der Waals surface area contributed by atoms with Gasteiger partial charge in [-0.05, 0) is 49.1 Å². The summed E-state index contributed by atoms with van der Waals surface area (Å²) in [6.07, 6.45) is 5.75. The highest BCUT2D eigenvalue weighted by Crippen LogP contribution is 2.25. The van der Waals surface area contributed by atoms with Crippen LogP contribution in [-0.4, -0.2) is 36.5 Å². The second-order valence-electron chi connectivity index (χ2n) is 5.59. The summed E-state index contributed by atoms with van der Waals surface area (Å²) in [5.41, 5.74) is 0.842. The molecule has 4 heteroatoms. The van der Waals surface area contributed by atoms with Gasteiger partial charge in [0.05, 0.1) is 0 Å². The lowest BCUT2D eigenvalue weighted by Crippen LogP contribution is -2.40. The normalized spacial score (nSPS) is 25.9. The Labute approximate surface area is 118 Å². The Morgan fingerprint density at radius 1 is 1.30 bits per heavy atom. The molecule has 0 unspecified atom stereocenters. The minimum atomic E-state index is -0.261. The molecule has 3 rings (SSSR count). The fraction of sp³-hybridized carbons (Fsp3) is 0.438. The lowest BCUT2D eigenvalue weighted by atomic mass is 9.94. The Bertz CT molecular complexity index is 498. The second kappa shape index (κ2) is 5.75. The minimum absolute atomic E-state index is 0.0468. The average molecular weight is 274 g/mol. The van der Waals surface area contributed by atoms with Crippen LogP contribution in [0.3, 0.4) is 0 Å². The number of halogens is 1.